The minimum atomic E-state index is 0.701. The van der Waals surface area contributed by atoms with Crippen LogP contribution < -0.4 is 10.1 Å². The Hall–Kier alpha value is -1.63. The lowest BCUT2D eigenvalue weighted by atomic mass is 10.3. The smallest absolute Gasteiger partial charge is 0.192 e. The molecule has 6 heteroatoms. The molecule has 21 heavy (non-hydrogen) atoms. The molecular weight excluding hydrogens is 286 g/mol. The van der Waals surface area contributed by atoms with E-state index in [1.54, 1.807) is 14.2 Å². The first-order valence-corrected chi connectivity index (χ1v) is 7.46. The van der Waals surface area contributed by atoms with Crippen LogP contribution in [0.2, 0.25) is 0 Å². The van der Waals surface area contributed by atoms with Crippen molar-refractivity contribution in [2.45, 2.75) is 16.6 Å². The Labute approximate surface area is 129 Å². The van der Waals surface area contributed by atoms with Gasteiger partial charge in [0.1, 0.15) is 5.75 Å². The quantitative estimate of drug-likeness (QED) is 0.597. The van der Waals surface area contributed by atoms with Crippen molar-refractivity contribution in [3.8, 4) is 5.75 Å². The highest BCUT2D eigenvalue weighted by molar-refractivity contribution is 7.99. The van der Waals surface area contributed by atoms with Gasteiger partial charge in [0, 0.05) is 43.1 Å². The number of nitrogens with one attached hydrogen (secondary N) is 1. The summed E-state index contributed by atoms with van der Waals surface area (Å²) in [5, 5.41) is 4.00. The zero-order valence-electron chi connectivity index (χ0n) is 12.2. The van der Waals surface area contributed by atoms with Gasteiger partial charge in [0.05, 0.1) is 13.7 Å². The molecule has 2 aromatic rings. The third-order valence-corrected chi connectivity index (χ3v) is 3.66. The number of nitrogens with zero attached hydrogens (tertiary/aromatic N) is 2. The molecule has 2 rings (SSSR count). The van der Waals surface area contributed by atoms with Gasteiger partial charge in [-0.2, -0.15) is 0 Å². The Balaban J connectivity index is 1.86. The van der Waals surface area contributed by atoms with E-state index in [1.807, 2.05) is 36.7 Å². The summed E-state index contributed by atoms with van der Waals surface area (Å²) < 4.78 is 10.1. The molecular formula is C15H19N3O2S. The number of ether oxygens (including phenoxy) is 2. The van der Waals surface area contributed by atoms with Crippen molar-refractivity contribution in [1.82, 2.24) is 15.3 Å². The summed E-state index contributed by atoms with van der Waals surface area (Å²) in [6, 6.07) is 7.84. The van der Waals surface area contributed by atoms with Gasteiger partial charge < -0.3 is 14.8 Å². The minimum Gasteiger partial charge on any atom is -0.497 e. The summed E-state index contributed by atoms with van der Waals surface area (Å²) in [7, 11) is 3.35. The third kappa shape index (κ3) is 5.34. The number of aromatic nitrogens is 2. The van der Waals surface area contributed by atoms with Crippen LogP contribution >= 0.6 is 11.8 Å². The van der Waals surface area contributed by atoms with E-state index in [4.69, 9.17) is 9.47 Å². The molecule has 0 radical (unpaired) electrons. The Morgan fingerprint density at radius 1 is 1.10 bits per heavy atom. The second kappa shape index (κ2) is 8.61. The first kappa shape index (κ1) is 15.8. The van der Waals surface area contributed by atoms with Crippen LogP contribution in [0.1, 0.15) is 5.56 Å². The molecule has 1 aromatic heterocycles. The predicted octanol–water partition coefficient (Wildman–Crippen LogP) is 2.37. The molecule has 0 aliphatic carbocycles. The van der Waals surface area contributed by atoms with E-state index in [0.717, 1.165) is 34.5 Å². The van der Waals surface area contributed by atoms with E-state index in [9.17, 15) is 0 Å². The van der Waals surface area contributed by atoms with E-state index < -0.39 is 0 Å². The molecule has 0 atom stereocenters. The summed E-state index contributed by atoms with van der Waals surface area (Å²) in [5.41, 5.74) is 1.06. The average Bonchev–Trinajstić information content (AvgIpc) is 2.54. The largest absolute Gasteiger partial charge is 0.497 e. The van der Waals surface area contributed by atoms with Gasteiger partial charge in [0.15, 0.2) is 5.16 Å². The van der Waals surface area contributed by atoms with Gasteiger partial charge in [0.25, 0.3) is 0 Å². The topological polar surface area (TPSA) is 56.3 Å². The van der Waals surface area contributed by atoms with E-state index in [2.05, 4.69) is 15.3 Å². The molecule has 0 amide bonds. The van der Waals surface area contributed by atoms with Crippen LogP contribution in [0.15, 0.2) is 46.7 Å². The summed E-state index contributed by atoms with van der Waals surface area (Å²) in [5.74, 6) is 0.845. The van der Waals surface area contributed by atoms with Crippen LogP contribution in [0.5, 0.6) is 5.75 Å². The average molecular weight is 305 g/mol. The summed E-state index contributed by atoms with van der Waals surface area (Å²) in [4.78, 5) is 9.81. The molecule has 1 aromatic carbocycles. The van der Waals surface area contributed by atoms with Crippen LogP contribution in [-0.4, -0.2) is 37.3 Å². The number of benzene rings is 1. The maximum atomic E-state index is 5.13. The molecule has 112 valence electrons. The van der Waals surface area contributed by atoms with Gasteiger partial charge >= 0.3 is 0 Å². The highest BCUT2D eigenvalue weighted by Gasteiger charge is 2.02. The molecule has 0 saturated heterocycles. The number of hydrogen-bond acceptors (Lipinski definition) is 6. The van der Waals surface area contributed by atoms with Crippen molar-refractivity contribution in [3.05, 3.63) is 42.2 Å². The van der Waals surface area contributed by atoms with Gasteiger partial charge in [-0.15, -0.1) is 0 Å². The van der Waals surface area contributed by atoms with Gasteiger partial charge in [0.2, 0.25) is 0 Å². The molecule has 0 aliphatic rings. The Bertz CT molecular complexity index is 532. The summed E-state index contributed by atoms with van der Waals surface area (Å²) >= 11 is 1.53. The van der Waals surface area contributed by atoms with E-state index >= 15 is 0 Å². The lowest BCUT2D eigenvalue weighted by Crippen LogP contribution is -2.18. The third-order valence-electron chi connectivity index (χ3n) is 2.76. The monoisotopic (exact) mass is 305 g/mol. The molecule has 0 unspecified atom stereocenters. The Morgan fingerprint density at radius 2 is 1.81 bits per heavy atom. The lowest BCUT2D eigenvalue weighted by molar-refractivity contribution is 0.199. The maximum Gasteiger partial charge on any atom is 0.192 e. The number of rotatable bonds is 8. The first-order valence-electron chi connectivity index (χ1n) is 6.64. The van der Waals surface area contributed by atoms with Crippen LogP contribution in [0, 0.1) is 0 Å². The fraction of sp³-hybridized carbons (Fsp3) is 0.333. The normalized spacial score (nSPS) is 10.6. The van der Waals surface area contributed by atoms with Crippen LogP contribution in [0.25, 0.3) is 0 Å². The van der Waals surface area contributed by atoms with E-state index in [-0.39, 0.29) is 0 Å². The fourth-order valence-corrected chi connectivity index (χ4v) is 2.34. The lowest BCUT2D eigenvalue weighted by Gasteiger charge is -2.05. The molecule has 1 heterocycles. The van der Waals surface area contributed by atoms with Crippen molar-refractivity contribution in [2.75, 3.05) is 27.4 Å². The maximum absolute atomic E-state index is 5.13. The molecule has 0 aliphatic heterocycles. The SMILES string of the molecule is COCCNCc1cnc(Sc2ccc(OC)cc2)nc1. The van der Waals surface area contributed by atoms with Crippen molar-refractivity contribution in [2.24, 2.45) is 0 Å². The number of hydrogen-bond donors (Lipinski definition) is 1. The Kier molecular flexibility index (Phi) is 6.46. The molecule has 0 bridgehead atoms. The van der Waals surface area contributed by atoms with Crippen molar-refractivity contribution < 1.29 is 9.47 Å². The van der Waals surface area contributed by atoms with Gasteiger partial charge in [-0.05, 0) is 36.0 Å². The zero-order chi connectivity index (χ0) is 14.9. The predicted molar refractivity (Wildman–Crippen MR) is 82.7 cm³/mol. The minimum absolute atomic E-state index is 0.701. The molecule has 1 N–H and O–H groups in total. The molecule has 0 saturated carbocycles. The molecule has 0 fully saturated rings. The highest BCUT2D eigenvalue weighted by Crippen LogP contribution is 2.25. The van der Waals surface area contributed by atoms with E-state index in [1.165, 1.54) is 11.8 Å². The van der Waals surface area contributed by atoms with E-state index in [0.29, 0.717) is 6.61 Å². The molecule has 0 spiro atoms. The second-order valence-corrected chi connectivity index (χ2v) is 5.36. The second-order valence-electron chi connectivity index (χ2n) is 4.32. The van der Waals surface area contributed by atoms with Crippen LogP contribution in [0.3, 0.4) is 0 Å². The fourth-order valence-electron chi connectivity index (χ4n) is 1.64. The highest BCUT2D eigenvalue weighted by atomic mass is 32.2. The number of methoxy groups -OCH3 is 2. The van der Waals surface area contributed by atoms with Crippen LogP contribution in [0.4, 0.5) is 0 Å². The first-order chi connectivity index (χ1) is 10.3. The zero-order valence-corrected chi connectivity index (χ0v) is 13.0. The standard InChI is InChI=1S/C15H19N3O2S/c1-19-8-7-16-9-12-10-17-15(18-11-12)21-14-5-3-13(20-2)4-6-14/h3-6,10-11,16H,7-9H2,1-2H3. The van der Waals surface area contributed by atoms with Crippen molar-refractivity contribution in [1.29, 1.82) is 0 Å². The van der Waals surface area contributed by atoms with Gasteiger partial charge in [-0.1, -0.05) is 0 Å². The van der Waals surface area contributed by atoms with Crippen molar-refractivity contribution in [3.63, 3.8) is 0 Å². The van der Waals surface area contributed by atoms with Crippen molar-refractivity contribution >= 4 is 11.8 Å². The van der Waals surface area contributed by atoms with Crippen LogP contribution in [-0.2, 0) is 11.3 Å². The molecule has 5 nitrogen and oxygen atoms in total. The summed E-state index contributed by atoms with van der Waals surface area (Å²) in [6.07, 6.45) is 3.69. The van der Waals surface area contributed by atoms with Gasteiger partial charge in [-0.25, -0.2) is 9.97 Å². The summed E-state index contributed by atoms with van der Waals surface area (Å²) in [6.45, 7) is 2.27. The van der Waals surface area contributed by atoms with Gasteiger partial charge in [-0.3, -0.25) is 0 Å². The Morgan fingerprint density at radius 3 is 2.43 bits per heavy atom.